The van der Waals surface area contributed by atoms with Crippen molar-refractivity contribution in [3.8, 4) is 17.1 Å². The number of halogens is 1. The maximum atomic E-state index is 13.8. The van der Waals surface area contributed by atoms with Gasteiger partial charge in [-0.15, -0.1) is 21.5 Å². The highest BCUT2D eigenvalue weighted by atomic mass is 35.5. The summed E-state index contributed by atoms with van der Waals surface area (Å²) < 4.78 is 5.37. The van der Waals surface area contributed by atoms with Crippen LogP contribution in [0.15, 0.2) is 66.0 Å². The zero-order valence-electron chi connectivity index (χ0n) is 21.6. The summed E-state index contributed by atoms with van der Waals surface area (Å²) in [6, 6.07) is 17.3. The minimum Gasteiger partial charge on any atom is -0.497 e. The molecule has 0 spiro atoms. The maximum Gasteiger partial charge on any atom is 0.248 e. The zero-order chi connectivity index (χ0) is 27.3. The summed E-state index contributed by atoms with van der Waals surface area (Å²) in [5.74, 6) is 0.418. The van der Waals surface area contributed by atoms with Crippen molar-refractivity contribution in [1.29, 1.82) is 0 Å². The third-order valence-electron chi connectivity index (χ3n) is 5.51. The SMILES string of the molecule is COc1cccc(CN(C(=O)Cn2nnc(-c3ccc(Cl)cc3)n2)[C@H](C(=O)NC(C)(C)C)c2cccs2)c1. The van der Waals surface area contributed by atoms with Gasteiger partial charge in [0.25, 0.3) is 0 Å². The second kappa shape index (κ2) is 11.7. The first-order valence-corrected chi connectivity index (χ1v) is 13.2. The average molecular weight is 553 g/mol. The topological polar surface area (TPSA) is 102 Å². The van der Waals surface area contributed by atoms with Gasteiger partial charge in [-0.2, -0.15) is 4.80 Å². The van der Waals surface area contributed by atoms with E-state index in [1.807, 2.05) is 62.5 Å². The smallest absolute Gasteiger partial charge is 0.248 e. The van der Waals surface area contributed by atoms with Gasteiger partial charge in [0, 0.05) is 27.5 Å². The fourth-order valence-corrected chi connectivity index (χ4v) is 4.80. The number of hydrogen-bond donors (Lipinski definition) is 1. The van der Waals surface area contributed by atoms with Crippen LogP contribution in [0.25, 0.3) is 11.4 Å². The van der Waals surface area contributed by atoms with Gasteiger partial charge < -0.3 is 15.0 Å². The van der Waals surface area contributed by atoms with Gasteiger partial charge in [0.05, 0.1) is 7.11 Å². The van der Waals surface area contributed by atoms with Crippen LogP contribution in [0.1, 0.15) is 37.3 Å². The van der Waals surface area contributed by atoms with Crippen LogP contribution in [0.5, 0.6) is 5.75 Å². The maximum absolute atomic E-state index is 13.8. The predicted octanol–water partition coefficient (Wildman–Crippen LogP) is 4.75. The van der Waals surface area contributed by atoms with Crippen LogP contribution in [0.3, 0.4) is 0 Å². The van der Waals surface area contributed by atoms with Gasteiger partial charge in [-0.25, -0.2) is 0 Å². The number of rotatable bonds is 9. The van der Waals surface area contributed by atoms with E-state index in [2.05, 4.69) is 20.7 Å². The minimum atomic E-state index is -0.854. The van der Waals surface area contributed by atoms with Crippen molar-refractivity contribution in [1.82, 2.24) is 30.4 Å². The Morgan fingerprint density at radius 3 is 2.55 bits per heavy atom. The van der Waals surface area contributed by atoms with Crippen LogP contribution >= 0.6 is 22.9 Å². The lowest BCUT2D eigenvalue weighted by molar-refractivity contribution is -0.143. The molecule has 38 heavy (non-hydrogen) atoms. The summed E-state index contributed by atoms with van der Waals surface area (Å²) in [7, 11) is 1.59. The van der Waals surface area contributed by atoms with E-state index in [0.29, 0.717) is 16.6 Å². The molecule has 2 amide bonds. The molecule has 4 rings (SSSR count). The molecular weight excluding hydrogens is 524 g/mol. The number of benzene rings is 2. The lowest BCUT2D eigenvalue weighted by Gasteiger charge is -2.33. The van der Waals surface area contributed by atoms with E-state index in [1.165, 1.54) is 16.1 Å². The molecule has 1 atom stereocenters. The molecule has 0 saturated heterocycles. The largest absolute Gasteiger partial charge is 0.497 e. The summed E-state index contributed by atoms with van der Waals surface area (Å²) in [5.41, 5.74) is 1.05. The molecule has 0 aliphatic rings. The van der Waals surface area contributed by atoms with E-state index in [9.17, 15) is 9.59 Å². The number of hydrogen-bond acceptors (Lipinski definition) is 7. The van der Waals surface area contributed by atoms with Gasteiger partial charge in [-0.05, 0) is 79.4 Å². The van der Waals surface area contributed by atoms with Gasteiger partial charge in [0.1, 0.15) is 18.3 Å². The summed E-state index contributed by atoms with van der Waals surface area (Å²) in [6.45, 7) is 5.69. The van der Waals surface area contributed by atoms with Crippen LogP contribution < -0.4 is 10.1 Å². The Balaban J connectivity index is 1.67. The van der Waals surface area contributed by atoms with Gasteiger partial charge >= 0.3 is 0 Å². The summed E-state index contributed by atoms with van der Waals surface area (Å²) >= 11 is 7.40. The third kappa shape index (κ3) is 6.96. The molecule has 2 heterocycles. The molecular formula is C27H29ClN6O3S. The Hall–Kier alpha value is -3.76. The summed E-state index contributed by atoms with van der Waals surface area (Å²) in [5, 5.41) is 18.1. The van der Waals surface area contributed by atoms with Crippen LogP contribution in [-0.2, 0) is 22.7 Å². The Morgan fingerprint density at radius 1 is 1.13 bits per heavy atom. The lowest BCUT2D eigenvalue weighted by atomic mass is 10.1. The Morgan fingerprint density at radius 2 is 1.89 bits per heavy atom. The molecule has 0 saturated carbocycles. The first-order chi connectivity index (χ1) is 18.1. The molecule has 0 aliphatic carbocycles. The zero-order valence-corrected chi connectivity index (χ0v) is 23.2. The molecule has 11 heteroatoms. The molecule has 0 bridgehead atoms. The van der Waals surface area contributed by atoms with E-state index in [-0.39, 0.29) is 24.9 Å². The van der Waals surface area contributed by atoms with Gasteiger partial charge in [0.15, 0.2) is 0 Å². The Kier molecular flexibility index (Phi) is 8.43. The number of thiophene rings is 1. The highest BCUT2D eigenvalue weighted by Gasteiger charge is 2.34. The fourth-order valence-electron chi connectivity index (χ4n) is 3.84. The monoisotopic (exact) mass is 552 g/mol. The molecule has 198 valence electrons. The number of amides is 2. The van der Waals surface area contributed by atoms with Crippen molar-refractivity contribution < 1.29 is 14.3 Å². The predicted molar refractivity (Wildman–Crippen MR) is 147 cm³/mol. The lowest BCUT2D eigenvalue weighted by Crippen LogP contribution is -2.49. The van der Waals surface area contributed by atoms with Crippen molar-refractivity contribution in [3.63, 3.8) is 0 Å². The fraction of sp³-hybridized carbons (Fsp3) is 0.296. The number of methoxy groups -OCH3 is 1. The second-order valence-electron chi connectivity index (χ2n) is 9.68. The molecule has 0 fully saturated rings. The molecule has 1 N–H and O–H groups in total. The number of nitrogens with one attached hydrogen (secondary N) is 1. The van der Waals surface area contributed by atoms with Crippen molar-refractivity contribution in [3.05, 3.63) is 81.5 Å². The van der Waals surface area contributed by atoms with Crippen LogP contribution in [0.4, 0.5) is 0 Å². The minimum absolute atomic E-state index is 0.175. The first kappa shape index (κ1) is 27.3. The Bertz CT molecular complexity index is 1380. The molecule has 9 nitrogen and oxygen atoms in total. The van der Waals surface area contributed by atoms with Crippen molar-refractivity contribution >= 4 is 34.8 Å². The number of carbonyl (C=O) groups excluding carboxylic acids is 2. The normalized spacial score (nSPS) is 12.1. The second-order valence-corrected chi connectivity index (χ2v) is 11.1. The quantitative estimate of drug-likeness (QED) is 0.321. The van der Waals surface area contributed by atoms with Gasteiger partial charge in [-0.3, -0.25) is 9.59 Å². The average Bonchev–Trinajstić information content (AvgIpc) is 3.56. The molecule has 0 aliphatic heterocycles. The molecule has 0 unspecified atom stereocenters. The highest BCUT2D eigenvalue weighted by Crippen LogP contribution is 2.29. The molecule has 0 radical (unpaired) electrons. The van der Waals surface area contributed by atoms with Crippen LogP contribution in [-0.4, -0.2) is 49.6 Å². The third-order valence-corrected chi connectivity index (χ3v) is 6.69. The number of aromatic nitrogens is 4. The number of ether oxygens (including phenoxy) is 1. The number of tetrazole rings is 1. The van der Waals surface area contributed by atoms with E-state index >= 15 is 0 Å². The van der Waals surface area contributed by atoms with Gasteiger partial charge in [0.2, 0.25) is 17.6 Å². The van der Waals surface area contributed by atoms with E-state index in [0.717, 1.165) is 16.0 Å². The first-order valence-electron chi connectivity index (χ1n) is 11.9. The molecule has 4 aromatic rings. The standard InChI is InChI=1S/C27H29ClN6O3S/c1-27(2,3)29-26(36)24(22-9-6-14-38-22)33(16-18-7-5-8-21(15-18)37-4)23(35)17-34-31-25(30-32-34)19-10-12-20(28)13-11-19/h5-15,24H,16-17H2,1-4H3,(H,29,36)/t24-/m0/s1. The summed E-state index contributed by atoms with van der Waals surface area (Å²) in [6.07, 6.45) is 0. The molecule has 2 aromatic heterocycles. The number of nitrogens with zero attached hydrogens (tertiary/aromatic N) is 5. The number of carbonyl (C=O) groups is 2. The van der Waals surface area contributed by atoms with Crippen molar-refractivity contribution in [2.24, 2.45) is 0 Å². The molecule has 2 aromatic carbocycles. The van der Waals surface area contributed by atoms with Crippen LogP contribution in [0.2, 0.25) is 5.02 Å². The highest BCUT2D eigenvalue weighted by molar-refractivity contribution is 7.10. The van der Waals surface area contributed by atoms with Crippen molar-refractivity contribution in [2.75, 3.05) is 7.11 Å². The van der Waals surface area contributed by atoms with Crippen LogP contribution in [0, 0.1) is 0 Å². The van der Waals surface area contributed by atoms with Gasteiger partial charge in [-0.1, -0.05) is 29.8 Å². The van der Waals surface area contributed by atoms with E-state index in [1.54, 1.807) is 36.3 Å². The Labute approximate surface area is 230 Å². The van der Waals surface area contributed by atoms with Crippen molar-refractivity contribution in [2.45, 2.75) is 45.4 Å². The van der Waals surface area contributed by atoms with E-state index in [4.69, 9.17) is 16.3 Å². The summed E-state index contributed by atoms with van der Waals surface area (Å²) in [4.78, 5) is 31.0. The van der Waals surface area contributed by atoms with E-state index < -0.39 is 11.6 Å².